The summed E-state index contributed by atoms with van der Waals surface area (Å²) in [7, 11) is 0. The van der Waals surface area contributed by atoms with Gasteiger partial charge in [-0.25, -0.2) is 0 Å². The van der Waals surface area contributed by atoms with Crippen molar-refractivity contribution >= 4 is 0 Å². The molecule has 0 aliphatic carbocycles. The van der Waals surface area contributed by atoms with Crippen molar-refractivity contribution in [1.29, 1.82) is 0 Å². The molecule has 0 fully saturated rings. The van der Waals surface area contributed by atoms with Crippen molar-refractivity contribution < 1.29 is 0 Å². The zero-order valence-electron chi connectivity index (χ0n) is 10.4. The summed E-state index contributed by atoms with van der Waals surface area (Å²) in [6.45, 7) is 8.76. The highest BCUT2D eigenvalue weighted by Gasteiger charge is 2.09. The fourth-order valence-electron chi connectivity index (χ4n) is 1.91. The molecule has 1 aromatic rings. The second-order valence-electron chi connectivity index (χ2n) is 4.94. The zero-order valence-corrected chi connectivity index (χ0v) is 10.4. The van der Waals surface area contributed by atoms with E-state index in [9.17, 15) is 0 Å². The first-order valence-corrected chi connectivity index (χ1v) is 5.83. The Hall–Kier alpha value is -0.820. The van der Waals surface area contributed by atoms with Crippen LogP contribution in [0.5, 0.6) is 0 Å². The van der Waals surface area contributed by atoms with Gasteiger partial charge >= 0.3 is 0 Å². The monoisotopic (exact) mass is 205 g/mol. The summed E-state index contributed by atoms with van der Waals surface area (Å²) in [6.07, 6.45) is 2.29. The van der Waals surface area contributed by atoms with Crippen LogP contribution in [-0.2, 0) is 0 Å². The predicted octanol–water partition coefficient (Wildman–Crippen LogP) is 3.74. The van der Waals surface area contributed by atoms with Crippen LogP contribution in [0.3, 0.4) is 0 Å². The molecule has 0 aliphatic rings. The van der Waals surface area contributed by atoms with E-state index in [0.717, 1.165) is 12.3 Å². The third kappa shape index (κ3) is 3.67. The number of rotatable bonds is 4. The molecular weight excluding hydrogens is 182 g/mol. The van der Waals surface area contributed by atoms with Gasteiger partial charge in [0.15, 0.2) is 0 Å². The van der Waals surface area contributed by atoms with Crippen LogP contribution in [0, 0.1) is 19.8 Å². The van der Waals surface area contributed by atoms with Gasteiger partial charge in [0, 0.05) is 6.04 Å². The van der Waals surface area contributed by atoms with E-state index in [1.54, 1.807) is 0 Å². The molecule has 0 aliphatic heterocycles. The van der Waals surface area contributed by atoms with Gasteiger partial charge in [0.2, 0.25) is 0 Å². The third-order valence-corrected chi connectivity index (χ3v) is 2.88. The maximum Gasteiger partial charge on any atom is 0.0297 e. The summed E-state index contributed by atoms with van der Waals surface area (Å²) in [4.78, 5) is 0. The molecule has 1 heteroatoms. The quantitative estimate of drug-likeness (QED) is 0.796. The second-order valence-corrected chi connectivity index (χ2v) is 4.94. The molecule has 1 nitrogen and oxygen atoms in total. The molecule has 1 aromatic carbocycles. The Morgan fingerprint density at radius 1 is 1.13 bits per heavy atom. The molecule has 0 unspecified atom stereocenters. The smallest absolute Gasteiger partial charge is 0.0297 e. The van der Waals surface area contributed by atoms with Gasteiger partial charge in [-0.2, -0.15) is 0 Å². The van der Waals surface area contributed by atoms with Crippen molar-refractivity contribution in [3.05, 3.63) is 34.9 Å². The van der Waals surface area contributed by atoms with E-state index < -0.39 is 0 Å². The van der Waals surface area contributed by atoms with Crippen LogP contribution in [0.1, 0.15) is 49.4 Å². The first-order valence-electron chi connectivity index (χ1n) is 5.83. The minimum absolute atomic E-state index is 0.202. The molecule has 0 spiro atoms. The van der Waals surface area contributed by atoms with Gasteiger partial charge in [-0.3, -0.25) is 0 Å². The van der Waals surface area contributed by atoms with Crippen LogP contribution in [0.2, 0.25) is 0 Å². The van der Waals surface area contributed by atoms with Crippen LogP contribution in [0.4, 0.5) is 0 Å². The molecule has 1 atom stereocenters. The number of hydrogen-bond donors (Lipinski definition) is 1. The van der Waals surface area contributed by atoms with E-state index >= 15 is 0 Å². The summed E-state index contributed by atoms with van der Waals surface area (Å²) >= 11 is 0. The average Bonchev–Trinajstić information content (AvgIpc) is 2.14. The maximum absolute atomic E-state index is 6.19. The van der Waals surface area contributed by atoms with Gasteiger partial charge in [0.05, 0.1) is 0 Å². The fourth-order valence-corrected chi connectivity index (χ4v) is 1.91. The Morgan fingerprint density at radius 3 is 2.33 bits per heavy atom. The molecule has 2 N–H and O–H groups in total. The first kappa shape index (κ1) is 12.3. The minimum atomic E-state index is 0.202. The molecule has 0 amide bonds. The molecule has 0 heterocycles. The molecule has 0 saturated carbocycles. The Bertz CT molecular complexity index is 315. The van der Waals surface area contributed by atoms with E-state index in [4.69, 9.17) is 5.73 Å². The fraction of sp³-hybridized carbons (Fsp3) is 0.571. The number of benzene rings is 1. The number of nitrogens with two attached hydrogens (primary N) is 1. The van der Waals surface area contributed by atoms with Crippen molar-refractivity contribution in [2.24, 2.45) is 11.7 Å². The first-order chi connectivity index (χ1) is 7.00. The Balaban J connectivity index is 2.69. The van der Waals surface area contributed by atoms with Gasteiger partial charge in [-0.15, -0.1) is 0 Å². The minimum Gasteiger partial charge on any atom is -0.324 e. The van der Waals surface area contributed by atoms with Crippen LogP contribution >= 0.6 is 0 Å². The lowest BCUT2D eigenvalue weighted by molar-refractivity contribution is 0.506. The second kappa shape index (κ2) is 5.32. The van der Waals surface area contributed by atoms with Crippen LogP contribution in [-0.4, -0.2) is 0 Å². The topological polar surface area (TPSA) is 26.0 Å². The normalized spacial score (nSPS) is 13.2. The van der Waals surface area contributed by atoms with Gasteiger partial charge in [0.25, 0.3) is 0 Å². The van der Waals surface area contributed by atoms with E-state index in [1.165, 1.54) is 23.1 Å². The maximum atomic E-state index is 6.19. The van der Waals surface area contributed by atoms with Gasteiger partial charge < -0.3 is 5.73 Å². The standard InChI is InChI=1S/C14H23N/c1-10(2)5-8-14(15)13-7-6-11(3)9-12(13)4/h6-7,9-10,14H,5,8,15H2,1-4H3/t14-/m1/s1. The lowest BCUT2D eigenvalue weighted by Crippen LogP contribution is -2.12. The summed E-state index contributed by atoms with van der Waals surface area (Å²) in [5.74, 6) is 0.738. The average molecular weight is 205 g/mol. The SMILES string of the molecule is Cc1ccc([C@H](N)CCC(C)C)c(C)c1. The predicted molar refractivity (Wildman–Crippen MR) is 66.9 cm³/mol. The summed E-state index contributed by atoms with van der Waals surface area (Å²) in [5, 5.41) is 0. The third-order valence-electron chi connectivity index (χ3n) is 2.88. The molecular formula is C14H23N. The number of aryl methyl sites for hydroxylation is 2. The molecule has 84 valence electrons. The van der Waals surface area contributed by atoms with Crippen molar-refractivity contribution in [3.8, 4) is 0 Å². The van der Waals surface area contributed by atoms with E-state index in [0.29, 0.717) is 0 Å². The highest BCUT2D eigenvalue weighted by atomic mass is 14.6. The van der Waals surface area contributed by atoms with Crippen LogP contribution in [0.25, 0.3) is 0 Å². The van der Waals surface area contributed by atoms with Gasteiger partial charge in [0.1, 0.15) is 0 Å². The molecule has 0 radical (unpaired) electrons. The molecule has 0 saturated heterocycles. The Kier molecular flexibility index (Phi) is 4.34. The van der Waals surface area contributed by atoms with Gasteiger partial charge in [-0.1, -0.05) is 37.6 Å². The molecule has 15 heavy (non-hydrogen) atoms. The summed E-state index contributed by atoms with van der Waals surface area (Å²) in [5.41, 5.74) is 10.1. The summed E-state index contributed by atoms with van der Waals surface area (Å²) in [6, 6.07) is 6.74. The largest absolute Gasteiger partial charge is 0.324 e. The highest BCUT2D eigenvalue weighted by Crippen LogP contribution is 2.22. The molecule has 0 aromatic heterocycles. The Labute approximate surface area is 93.7 Å². The molecule has 0 bridgehead atoms. The van der Waals surface area contributed by atoms with Gasteiger partial charge in [-0.05, 0) is 43.7 Å². The van der Waals surface area contributed by atoms with Crippen molar-refractivity contribution in [2.45, 2.75) is 46.6 Å². The van der Waals surface area contributed by atoms with Crippen molar-refractivity contribution in [1.82, 2.24) is 0 Å². The van der Waals surface area contributed by atoms with Crippen LogP contribution < -0.4 is 5.73 Å². The van der Waals surface area contributed by atoms with E-state index in [-0.39, 0.29) is 6.04 Å². The van der Waals surface area contributed by atoms with E-state index in [1.807, 2.05) is 0 Å². The van der Waals surface area contributed by atoms with Crippen molar-refractivity contribution in [3.63, 3.8) is 0 Å². The lowest BCUT2D eigenvalue weighted by Gasteiger charge is -2.16. The summed E-state index contributed by atoms with van der Waals surface area (Å²) < 4.78 is 0. The lowest BCUT2D eigenvalue weighted by atomic mass is 9.94. The molecule has 1 rings (SSSR count). The highest BCUT2D eigenvalue weighted by molar-refractivity contribution is 5.32. The van der Waals surface area contributed by atoms with Crippen molar-refractivity contribution in [2.75, 3.05) is 0 Å². The number of hydrogen-bond acceptors (Lipinski definition) is 1. The Morgan fingerprint density at radius 2 is 1.80 bits per heavy atom. The van der Waals surface area contributed by atoms with E-state index in [2.05, 4.69) is 45.9 Å². The zero-order chi connectivity index (χ0) is 11.4. The van der Waals surface area contributed by atoms with Crippen LogP contribution in [0.15, 0.2) is 18.2 Å².